The number of nitrogens with zero attached hydrogens (tertiary/aromatic N) is 1. The van der Waals surface area contributed by atoms with Crippen LogP contribution in [0.15, 0.2) is 54.1 Å². The van der Waals surface area contributed by atoms with Gasteiger partial charge >= 0.3 is 11.9 Å². The fourth-order valence-electron chi connectivity index (χ4n) is 3.77. The summed E-state index contributed by atoms with van der Waals surface area (Å²) in [7, 11) is 0. The van der Waals surface area contributed by atoms with Gasteiger partial charge in [0.1, 0.15) is 11.3 Å². The standard InChI is InChI=1S/C23H23N3O5/c1-3-29-20(27)11-17-16-10-14(13-5-7-18-15(9-13)12-25-26-18)6-8-19(16)31-22(24)21(17)23(28)30-4-2/h5-10,12,17H,3-4,11,24H2,1-2H3,(H,25,26). The Morgan fingerprint density at radius 2 is 1.84 bits per heavy atom. The molecule has 0 aliphatic carbocycles. The summed E-state index contributed by atoms with van der Waals surface area (Å²) in [6.07, 6.45) is 1.70. The van der Waals surface area contributed by atoms with Gasteiger partial charge in [-0.05, 0) is 49.2 Å². The number of carbonyl (C=O) groups excluding carboxylic acids is 2. The number of nitrogens with two attached hydrogens (primary N) is 1. The van der Waals surface area contributed by atoms with Crippen molar-refractivity contribution in [3.63, 3.8) is 0 Å². The van der Waals surface area contributed by atoms with Crippen LogP contribution in [0.2, 0.25) is 0 Å². The number of hydrogen-bond acceptors (Lipinski definition) is 7. The van der Waals surface area contributed by atoms with Crippen molar-refractivity contribution in [1.82, 2.24) is 10.2 Å². The third-order valence-corrected chi connectivity index (χ3v) is 5.16. The van der Waals surface area contributed by atoms with Crippen LogP contribution in [0, 0.1) is 0 Å². The second kappa shape index (κ2) is 8.51. The van der Waals surface area contributed by atoms with Crippen molar-refractivity contribution >= 4 is 22.8 Å². The summed E-state index contributed by atoms with van der Waals surface area (Å²) in [6.45, 7) is 3.86. The molecule has 0 saturated carbocycles. The van der Waals surface area contributed by atoms with Crippen LogP contribution in [-0.4, -0.2) is 35.3 Å². The molecule has 0 spiro atoms. The monoisotopic (exact) mass is 421 g/mol. The van der Waals surface area contributed by atoms with Crippen molar-refractivity contribution in [2.45, 2.75) is 26.2 Å². The van der Waals surface area contributed by atoms with Crippen LogP contribution in [0.3, 0.4) is 0 Å². The maximum absolute atomic E-state index is 12.6. The van der Waals surface area contributed by atoms with Crippen LogP contribution in [0.1, 0.15) is 31.7 Å². The Morgan fingerprint density at radius 3 is 2.61 bits per heavy atom. The van der Waals surface area contributed by atoms with Gasteiger partial charge in [-0.1, -0.05) is 12.1 Å². The van der Waals surface area contributed by atoms with Gasteiger partial charge in [0.25, 0.3) is 0 Å². The molecule has 8 nitrogen and oxygen atoms in total. The molecule has 1 unspecified atom stereocenters. The van der Waals surface area contributed by atoms with E-state index in [1.807, 2.05) is 30.3 Å². The predicted octanol–water partition coefficient (Wildman–Crippen LogP) is 3.39. The van der Waals surface area contributed by atoms with Gasteiger partial charge in [0.05, 0.1) is 31.3 Å². The average molecular weight is 421 g/mol. The molecule has 4 rings (SSSR count). The Labute approximate surface area is 179 Å². The Balaban J connectivity index is 1.78. The van der Waals surface area contributed by atoms with Crippen molar-refractivity contribution in [3.05, 3.63) is 59.6 Å². The minimum Gasteiger partial charge on any atom is -0.466 e. The summed E-state index contributed by atoms with van der Waals surface area (Å²) in [6, 6.07) is 11.5. The summed E-state index contributed by atoms with van der Waals surface area (Å²) in [5.74, 6) is -1.24. The van der Waals surface area contributed by atoms with Crippen molar-refractivity contribution in [2.75, 3.05) is 13.2 Å². The van der Waals surface area contributed by atoms with Crippen molar-refractivity contribution in [2.24, 2.45) is 5.73 Å². The van der Waals surface area contributed by atoms with E-state index < -0.39 is 17.9 Å². The van der Waals surface area contributed by atoms with Crippen molar-refractivity contribution in [1.29, 1.82) is 0 Å². The van der Waals surface area contributed by atoms with E-state index in [0.29, 0.717) is 11.3 Å². The first-order chi connectivity index (χ1) is 15.0. The molecule has 2 aromatic carbocycles. The van der Waals surface area contributed by atoms with Crippen LogP contribution >= 0.6 is 0 Å². The largest absolute Gasteiger partial charge is 0.466 e. The molecule has 160 valence electrons. The van der Waals surface area contributed by atoms with E-state index in [-0.39, 0.29) is 31.1 Å². The molecule has 1 atom stereocenters. The second-order valence-electron chi connectivity index (χ2n) is 7.09. The Hall–Kier alpha value is -3.81. The second-order valence-corrected chi connectivity index (χ2v) is 7.09. The van der Waals surface area contributed by atoms with Crippen molar-refractivity contribution in [3.8, 4) is 16.9 Å². The molecule has 31 heavy (non-hydrogen) atoms. The third-order valence-electron chi connectivity index (χ3n) is 5.16. The molecule has 0 fully saturated rings. The Morgan fingerprint density at radius 1 is 1.10 bits per heavy atom. The van der Waals surface area contributed by atoms with Gasteiger partial charge in [0.15, 0.2) is 0 Å². The Kier molecular flexibility index (Phi) is 5.62. The van der Waals surface area contributed by atoms with Gasteiger partial charge in [-0.25, -0.2) is 4.79 Å². The van der Waals surface area contributed by atoms with E-state index in [9.17, 15) is 9.59 Å². The number of aromatic amines is 1. The molecule has 3 aromatic rings. The van der Waals surface area contributed by atoms with Gasteiger partial charge in [0.2, 0.25) is 5.88 Å². The van der Waals surface area contributed by atoms with Gasteiger partial charge in [0, 0.05) is 16.9 Å². The van der Waals surface area contributed by atoms with Gasteiger partial charge in [-0.3, -0.25) is 9.89 Å². The van der Waals surface area contributed by atoms with Crippen LogP contribution in [0.25, 0.3) is 22.0 Å². The van der Waals surface area contributed by atoms with E-state index in [1.165, 1.54) is 0 Å². The molecule has 0 saturated heterocycles. The molecule has 1 aromatic heterocycles. The molecule has 1 aliphatic heterocycles. The molecular weight excluding hydrogens is 398 g/mol. The highest BCUT2D eigenvalue weighted by Gasteiger charge is 2.36. The van der Waals surface area contributed by atoms with E-state index in [1.54, 1.807) is 26.1 Å². The van der Waals surface area contributed by atoms with E-state index in [2.05, 4.69) is 10.2 Å². The van der Waals surface area contributed by atoms with Crippen molar-refractivity contribution < 1.29 is 23.8 Å². The lowest BCUT2D eigenvalue weighted by Crippen LogP contribution is -2.28. The number of nitrogens with one attached hydrogen (secondary N) is 1. The van der Waals surface area contributed by atoms with Crippen LogP contribution < -0.4 is 10.5 Å². The minimum absolute atomic E-state index is 0.0523. The van der Waals surface area contributed by atoms with Gasteiger partial charge in [-0.2, -0.15) is 5.10 Å². The summed E-state index contributed by atoms with van der Waals surface area (Å²) in [5.41, 5.74) is 9.67. The highest BCUT2D eigenvalue weighted by Crippen LogP contribution is 2.42. The first-order valence-electron chi connectivity index (χ1n) is 10.1. The SMILES string of the molecule is CCOC(=O)CC1C(C(=O)OCC)=C(N)Oc2ccc(-c3ccc4[nH]ncc4c3)cc21. The number of rotatable bonds is 6. The quantitative estimate of drug-likeness (QED) is 0.586. The number of aromatic nitrogens is 2. The van der Waals surface area contributed by atoms with Crippen LogP contribution in [0.5, 0.6) is 5.75 Å². The zero-order chi connectivity index (χ0) is 22.0. The molecule has 2 heterocycles. The van der Waals surface area contributed by atoms with Crippen LogP contribution in [0.4, 0.5) is 0 Å². The number of H-pyrrole nitrogens is 1. The summed E-state index contributed by atoms with van der Waals surface area (Å²) in [5, 5.41) is 7.96. The fraction of sp³-hybridized carbons (Fsp3) is 0.261. The van der Waals surface area contributed by atoms with Gasteiger partial charge < -0.3 is 19.9 Å². The molecule has 0 bridgehead atoms. The zero-order valence-corrected chi connectivity index (χ0v) is 17.3. The maximum atomic E-state index is 12.6. The Bertz CT molecular complexity index is 1180. The van der Waals surface area contributed by atoms with E-state index >= 15 is 0 Å². The number of benzene rings is 2. The average Bonchev–Trinajstić information content (AvgIpc) is 3.21. The van der Waals surface area contributed by atoms with E-state index in [0.717, 1.165) is 22.0 Å². The lowest BCUT2D eigenvalue weighted by Gasteiger charge is -2.28. The fourth-order valence-corrected chi connectivity index (χ4v) is 3.77. The smallest absolute Gasteiger partial charge is 0.340 e. The molecule has 0 amide bonds. The van der Waals surface area contributed by atoms with E-state index in [4.69, 9.17) is 19.9 Å². The topological polar surface area (TPSA) is 117 Å². The zero-order valence-electron chi connectivity index (χ0n) is 17.3. The van der Waals surface area contributed by atoms with Crippen LogP contribution in [-0.2, 0) is 19.1 Å². The number of fused-ring (bicyclic) bond motifs is 2. The summed E-state index contributed by atoms with van der Waals surface area (Å²) < 4.78 is 16.0. The number of hydrogen-bond donors (Lipinski definition) is 2. The molecular formula is C23H23N3O5. The molecule has 3 N–H and O–H groups in total. The molecule has 8 heteroatoms. The maximum Gasteiger partial charge on any atom is 0.340 e. The number of esters is 2. The summed E-state index contributed by atoms with van der Waals surface area (Å²) in [4.78, 5) is 25.0. The summed E-state index contributed by atoms with van der Waals surface area (Å²) >= 11 is 0. The first-order valence-corrected chi connectivity index (χ1v) is 10.1. The minimum atomic E-state index is -0.639. The normalized spacial score (nSPS) is 15.4. The number of ether oxygens (including phenoxy) is 3. The lowest BCUT2D eigenvalue weighted by atomic mass is 9.84. The highest BCUT2D eigenvalue weighted by molar-refractivity contribution is 5.93. The highest BCUT2D eigenvalue weighted by atomic mass is 16.5. The van der Waals surface area contributed by atoms with Gasteiger partial charge in [-0.15, -0.1) is 0 Å². The lowest BCUT2D eigenvalue weighted by molar-refractivity contribution is -0.143. The molecule has 1 aliphatic rings. The predicted molar refractivity (Wildman–Crippen MR) is 114 cm³/mol. The molecule has 0 radical (unpaired) electrons. The first kappa shape index (κ1) is 20.5. The third kappa shape index (κ3) is 3.96. The number of carbonyl (C=O) groups is 2.